The van der Waals surface area contributed by atoms with Crippen molar-refractivity contribution in [1.82, 2.24) is 0 Å². The number of benzene rings is 5. The van der Waals surface area contributed by atoms with Crippen molar-refractivity contribution in [3.05, 3.63) is 103 Å². The van der Waals surface area contributed by atoms with E-state index >= 15 is 0 Å². The van der Waals surface area contributed by atoms with E-state index in [1.165, 1.54) is 5.30 Å². The van der Waals surface area contributed by atoms with Gasteiger partial charge in [-0.25, -0.2) is 0 Å². The molecule has 0 saturated carbocycles. The molecule has 0 bridgehead atoms. The molecule has 1 unspecified atom stereocenters. The van der Waals surface area contributed by atoms with Crippen LogP contribution in [-0.4, -0.2) is 20.4 Å². The van der Waals surface area contributed by atoms with Crippen LogP contribution in [0.15, 0.2) is 103 Å². The smallest absolute Gasteiger partial charge is 0.158 e. The minimum Gasteiger partial charge on any atom is -0.504 e. The van der Waals surface area contributed by atoms with Gasteiger partial charge in [0.15, 0.2) is 23.0 Å². The summed E-state index contributed by atoms with van der Waals surface area (Å²) in [6.07, 6.45) is 0. The second-order valence-corrected chi connectivity index (χ2v) is 7.45. The van der Waals surface area contributed by atoms with Gasteiger partial charge in [-0.15, -0.1) is 9.24 Å². The molecule has 1 atom stereocenters. The molecule has 0 fully saturated rings. The van der Waals surface area contributed by atoms with Gasteiger partial charge in [0, 0.05) is 0 Å². The zero-order chi connectivity index (χ0) is 22.2. The topological polar surface area (TPSA) is 80.9 Å². The van der Waals surface area contributed by atoms with E-state index in [-0.39, 0.29) is 23.0 Å². The molecule has 0 amide bonds. The zero-order valence-corrected chi connectivity index (χ0v) is 17.8. The van der Waals surface area contributed by atoms with Gasteiger partial charge in [0.25, 0.3) is 0 Å². The summed E-state index contributed by atoms with van der Waals surface area (Å²) >= 11 is 0. The van der Waals surface area contributed by atoms with Crippen molar-refractivity contribution < 1.29 is 20.4 Å². The Bertz CT molecular complexity index is 1120. The summed E-state index contributed by atoms with van der Waals surface area (Å²) < 4.78 is 0. The van der Waals surface area contributed by atoms with Gasteiger partial charge in [0.05, 0.1) is 0 Å². The predicted octanol–water partition coefficient (Wildman–Crippen LogP) is 5.69. The van der Waals surface area contributed by atoms with Crippen LogP contribution < -0.4 is 5.30 Å². The van der Waals surface area contributed by atoms with E-state index in [4.69, 9.17) is 20.4 Å². The summed E-state index contributed by atoms with van der Waals surface area (Å²) in [5.41, 5.74) is 0. The molecule has 0 aliphatic rings. The van der Waals surface area contributed by atoms with Gasteiger partial charge in [-0.3, -0.25) is 0 Å². The van der Waals surface area contributed by atoms with Crippen LogP contribution in [0.5, 0.6) is 23.0 Å². The Kier molecular flexibility index (Phi) is 7.31. The van der Waals surface area contributed by atoms with Crippen molar-refractivity contribution in [3.63, 3.8) is 0 Å². The average molecular weight is 430 g/mol. The van der Waals surface area contributed by atoms with Crippen LogP contribution >= 0.6 is 9.24 Å². The van der Waals surface area contributed by atoms with Crippen molar-refractivity contribution in [3.8, 4) is 23.0 Å². The predicted molar refractivity (Wildman–Crippen MR) is 130 cm³/mol. The number of aromatic hydroxyl groups is 4. The highest BCUT2D eigenvalue weighted by molar-refractivity contribution is 7.27. The first-order chi connectivity index (χ1) is 14.9. The fraction of sp³-hybridized carbons (Fsp3) is 0. The second kappa shape index (κ2) is 10.3. The first-order valence-electron chi connectivity index (χ1n) is 9.56. The van der Waals surface area contributed by atoms with Crippen molar-refractivity contribution in [2.45, 2.75) is 0 Å². The molecule has 0 heterocycles. The standard InChI is InChI=1S/2C10H8O2.C6H7P/c2*11-9-5-7-3-1-2-4-8(7)6-10(9)12;7-6-4-2-1-3-5-6/h2*1-6,11-12H;1-5H,7H2. The Morgan fingerprint density at radius 2 is 0.645 bits per heavy atom. The molecule has 0 aliphatic carbocycles. The van der Waals surface area contributed by atoms with E-state index in [0.717, 1.165) is 21.5 Å². The summed E-state index contributed by atoms with van der Waals surface area (Å²) in [7, 11) is 2.63. The lowest BCUT2D eigenvalue weighted by atomic mass is 10.1. The largest absolute Gasteiger partial charge is 0.504 e. The monoisotopic (exact) mass is 430 g/mol. The van der Waals surface area contributed by atoms with Gasteiger partial charge in [0.2, 0.25) is 0 Å². The van der Waals surface area contributed by atoms with E-state index in [9.17, 15) is 0 Å². The molecule has 31 heavy (non-hydrogen) atoms. The highest BCUT2D eigenvalue weighted by Crippen LogP contribution is 2.30. The van der Waals surface area contributed by atoms with Gasteiger partial charge >= 0.3 is 0 Å². The Morgan fingerprint density at radius 3 is 0.871 bits per heavy atom. The Labute approximate surface area is 182 Å². The first-order valence-corrected chi connectivity index (χ1v) is 10.1. The Morgan fingerprint density at radius 1 is 0.387 bits per heavy atom. The van der Waals surface area contributed by atoms with Crippen molar-refractivity contribution in [2.75, 3.05) is 0 Å². The van der Waals surface area contributed by atoms with Gasteiger partial charge in [-0.05, 0) is 51.1 Å². The molecular weight excluding hydrogens is 407 g/mol. The molecular formula is C26H23O4P. The van der Waals surface area contributed by atoms with E-state index in [0.29, 0.717) is 0 Å². The molecule has 0 aromatic heterocycles. The number of fused-ring (bicyclic) bond motifs is 2. The highest BCUT2D eigenvalue weighted by Gasteiger charge is 2.00. The lowest BCUT2D eigenvalue weighted by molar-refractivity contribution is 0.405. The molecule has 4 N–H and O–H groups in total. The number of hydrogen-bond donors (Lipinski definition) is 4. The van der Waals surface area contributed by atoms with Crippen LogP contribution in [0.1, 0.15) is 0 Å². The fourth-order valence-corrected chi connectivity index (χ4v) is 3.11. The summed E-state index contributed by atoms with van der Waals surface area (Å²) in [4.78, 5) is 0. The molecule has 156 valence electrons. The number of hydrogen-bond acceptors (Lipinski definition) is 4. The van der Waals surface area contributed by atoms with Gasteiger partial charge in [0.1, 0.15) is 0 Å². The van der Waals surface area contributed by atoms with E-state index < -0.39 is 0 Å². The minimum atomic E-state index is -0.0753. The minimum absolute atomic E-state index is 0.0753. The van der Waals surface area contributed by atoms with Crippen LogP contribution in [-0.2, 0) is 0 Å². The molecule has 5 aromatic carbocycles. The molecule has 0 saturated heterocycles. The van der Waals surface area contributed by atoms with Crippen LogP contribution in [0.2, 0.25) is 0 Å². The molecule has 0 spiro atoms. The lowest BCUT2D eigenvalue weighted by Crippen LogP contribution is -1.82. The highest BCUT2D eigenvalue weighted by atomic mass is 31.0. The molecule has 4 nitrogen and oxygen atoms in total. The maximum Gasteiger partial charge on any atom is 0.158 e. The Balaban J connectivity index is 0.000000137. The molecule has 0 radical (unpaired) electrons. The second-order valence-electron chi connectivity index (χ2n) is 6.79. The van der Waals surface area contributed by atoms with Crippen LogP contribution in [0.25, 0.3) is 21.5 Å². The van der Waals surface area contributed by atoms with Gasteiger partial charge in [-0.1, -0.05) is 78.9 Å². The number of rotatable bonds is 0. The fourth-order valence-electron chi connectivity index (χ4n) is 2.89. The van der Waals surface area contributed by atoms with Gasteiger partial charge in [-0.2, -0.15) is 0 Å². The third-order valence-corrected chi connectivity index (χ3v) is 4.87. The van der Waals surface area contributed by atoms with Crippen LogP contribution in [0.3, 0.4) is 0 Å². The van der Waals surface area contributed by atoms with E-state index in [1.54, 1.807) is 24.3 Å². The summed E-state index contributed by atoms with van der Waals surface area (Å²) in [5.74, 6) is -0.301. The van der Waals surface area contributed by atoms with Crippen LogP contribution in [0, 0.1) is 0 Å². The van der Waals surface area contributed by atoms with E-state index in [1.807, 2.05) is 78.9 Å². The molecule has 5 heteroatoms. The van der Waals surface area contributed by atoms with Crippen LogP contribution in [0.4, 0.5) is 0 Å². The molecule has 5 rings (SSSR count). The third-order valence-electron chi connectivity index (χ3n) is 4.49. The van der Waals surface area contributed by atoms with E-state index in [2.05, 4.69) is 9.24 Å². The SMILES string of the molecule is Oc1cc2ccccc2cc1O.Oc1cc2ccccc2cc1O.Pc1ccccc1. The normalized spacial score (nSPS) is 9.97. The van der Waals surface area contributed by atoms with Crippen molar-refractivity contribution >= 4 is 36.1 Å². The third kappa shape index (κ3) is 6.11. The maximum atomic E-state index is 9.17. The number of phenolic OH excluding ortho intramolecular Hbond substituents is 4. The summed E-state index contributed by atoms with van der Waals surface area (Å²) in [6, 6.07) is 31.4. The zero-order valence-electron chi connectivity index (χ0n) is 16.7. The quantitative estimate of drug-likeness (QED) is 0.188. The summed E-state index contributed by atoms with van der Waals surface area (Å²) in [5, 5.41) is 41.6. The average Bonchev–Trinajstić information content (AvgIpc) is 2.77. The lowest BCUT2D eigenvalue weighted by Gasteiger charge is -2.00. The Hall–Kier alpha value is -3.75. The molecule has 0 aliphatic heterocycles. The summed E-state index contributed by atoms with van der Waals surface area (Å²) in [6.45, 7) is 0. The van der Waals surface area contributed by atoms with Crippen molar-refractivity contribution in [1.29, 1.82) is 0 Å². The van der Waals surface area contributed by atoms with Crippen molar-refractivity contribution in [2.24, 2.45) is 0 Å². The number of phenols is 4. The maximum absolute atomic E-state index is 9.17. The first kappa shape index (κ1) is 21.9. The molecule has 5 aromatic rings. The van der Waals surface area contributed by atoms with Gasteiger partial charge < -0.3 is 20.4 Å².